The summed E-state index contributed by atoms with van der Waals surface area (Å²) in [6.45, 7) is 8.85. The Balaban J connectivity index is 3.23. The second kappa shape index (κ2) is 23.3. The van der Waals surface area contributed by atoms with Gasteiger partial charge in [-0.05, 0) is 64.2 Å². The largest absolute Gasteiger partial charge is 0.480 e. The van der Waals surface area contributed by atoms with Gasteiger partial charge in [-0.1, -0.05) is 27.7 Å². The number of likely N-dealkylation sites (tertiary alicyclic amines) is 1. The number of hydrogen-bond acceptors (Lipinski definition) is 12. The number of aliphatic hydroxyl groups is 3. The number of carboxylic acids is 1. The van der Waals surface area contributed by atoms with Gasteiger partial charge in [0.2, 0.25) is 35.4 Å². The van der Waals surface area contributed by atoms with Gasteiger partial charge >= 0.3 is 5.97 Å². The van der Waals surface area contributed by atoms with Gasteiger partial charge < -0.3 is 69.1 Å². The summed E-state index contributed by atoms with van der Waals surface area (Å²) in [4.78, 5) is 96.5. The van der Waals surface area contributed by atoms with E-state index >= 15 is 0 Å². The number of hydrogen-bond donors (Lipinski definition) is 12. The number of amides is 6. The van der Waals surface area contributed by atoms with Crippen LogP contribution in [0.5, 0.6) is 0 Å². The third kappa shape index (κ3) is 16.3. The summed E-state index contributed by atoms with van der Waals surface area (Å²) in [5.74, 6) is -6.77. The van der Waals surface area contributed by atoms with Crippen molar-refractivity contribution in [2.24, 2.45) is 34.0 Å². The van der Waals surface area contributed by atoms with Gasteiger partial charge in [-0.3, -0.25) is 33.8 Å². The molecule has 1 aliphatic heterocycles. The summed E-state index contributed by atoms with van der Waals surface area (Å²) in [5.41, 5.74) is 16.7. The van der Waals surface area contributed by atoms with E-state index in [1.54, 1.807) is 13.8 Å². The van der Waals surface area contributed by atoms with Crippen molar-refractivity contribution in [3.8, 4) is 0 Å². The zero-order valence-corrected chi connectivity index (χ0v) is 32.5. The fraction of sp³-hybridized carbons (Fsp3) is 0.765. The van der Waals surface area contributed by atoms with Crippen LogP contribution >= 0.6 is 0 Å². The molecule has 314 valence electrons. The molecule has 21 heteroatoms. The molecular formula is C34H62N10O11. The van der Waals surface area contributed by atoms with Gasteiger partial charge in [-0.15, -0.1) is 0 Å². The van der Waals surface area contributed by atoms with E-state index in [2.05, 4.69) is 31.6 Å². The molecule has 0 aromatic rings. The number of nitrogens with two attached hydrogens (primary N) is 3. The van der Waals surface area contributed by atoms with Crippen molar-refractivity contribution in [2.75, 3.05) is 19.7 Å². The highest BCUT2D eigenvalue weighted by atomic mass is 16.4. The molecule has 0 spiro atoms. The third-order valence-corrected chi connectivity index (χ3v) is 8.72. The summed E-state index contributed by atoms with van der Waals surface area (Å²) < 4.78 is 0. The van der Waals surface area contributed by atoms with Gasteiger partial charge in [0.15, 0.2) is 5.96 Å². The molecule has 0 aliphatic carbocycles. The van der Waals surface area contributed by atoms with Gasteiger partial charge in [0, 0.05) is 13.1 Å². The molecule has 0 unspecified atom stereocenters. The number of aliphatic hydroxyl groups excluding tert-OH is 3. The number of aliphatic carboxylic acids is 1. The Morgan fingerprint density at radius 3 is 1.76 bits per heavy atom. The number of carbonyl (C=O) groups is 7. The summed E-state index contributed by atoms with van der Waals surface area (Å²) in [5, 5.41) is 52.1. The SMILES string of the molecule is CC(C)C[C@H](NC(=O)[C@@H](NC(=O)[C@@H]1CCCN1C(=O)[C@H](CCCN=C(N)N)NC(=O)[C@H](CO)NC(=O)[C@@H](NC(=O)[C@@H](N)CC(C)C)[C@@H](C)O)[C@@H](C)O)C(=O)O. The van der Waals surface area contributed by atoms with Crippen molar-refractivity contribution in [1.29, 1.82) is 0 Å². The van der Waals surface area contributed by atoms with E-state index in [0.717, 1.165) is 0 Å². The van der Waals surface area contributed by atoms with Crippen LogP contribution in [0.3, 0.4) is 0 Å². The highest BCUT2D eigenvalue weighted by Gasteiger charge is 2.41. The Bertz CT molecular complexity index is 1360. The van der Waals surface area contributed by atoms with Crippen molar-refractivity contribution in [2.45, 2.75) is 135 Å². The Morgan fingerprint density at radius 2 is 1.27 bits per heavy atom. The molecule has 21 nitrogen and oxygen atoms in total. The number of aliphatic imine (C=N–C) groups is 1. The molecule has 1 aliphatic rings. The predicted molar refractivity (Wildman–Crippen MR) is 199 cm³/mol. The first kappa shape index (κ1) is 48.4. The predicted octanol–water partition coefficient (Wildman–Crippen LogP) is -4.29. The summed E-state index contributed by atoms with van der Waals surface area (Å²) in [6.07, 6.45) is -1.91. The average Bonchev–Trinajstić information content (AvgIpc) is 3.58. The van der Waals surface area contributed by atoms with Crippen LogP contribution in [0.1, 0.15) is 80.1 Å². The first-order valence-electron chi connectivity index (χ1n) is 18.4. The molecule has 1 rings (SSSR count). The van der Waals surface area contributed by atoms with E-state index in [1.165, 1.54) is 18.7 Å². The zero-order chi connectivity index (χ0) is 42.2. The maximum absolute atomic E-state index is 14.0. The monoisotopic (exact) mass is 786 g/mol. The minimum absolute atomic E-state index is 0.0557. The fourth-order valence-corrected chi connectivity index (χ4v) is 5.88. The molecule has 9 atom stereocenters. The number of carboxylic acid groups (broad SMARTS) is 1. The summed E-state index contributed by atoms with van der Waals surface area (Å²) in [6, 6.07) is -9.54. The van der Waals surface area contributed by atoms with Gasteiger partial charge in [0.05, 0.1) is 24.9 Å². The topological polar surface area (TPSA) is 354 Å². The summed E-state index contributed by atoms with van der Waals surface area (Å²) >= 11 is 0. The highest BCUT2D eigenvalue weighted by Crippen LogP contribution is 2.20. The van der Waals surface area contributed by atoms with Crippen LogP contribution in [0, 0.1) is 11.8 Å². The van der Waals surface area contributed by atoms with Gasteiger partial charge in [-0.25, -0.2) is 4.79 Å². The van der Waals surface area contributed by atoms with E-state index in [4.69, 9.17) is 17.2 Å². The standard InChI is InChI=1S/C34H62N10O11/c1-16(2)13-20(35)27(48)42-25(18(5)46)31(52)41-23(15-45)28(49)39-21(9-7-11-38-34(36)37)32(53)44-12-8-10-24(44)29(50)43-26(19(6)47)30(51)40-22(33(54)55)14-17(3)4/h16-26,45-47H,7-15,35H2,1-6H3,(H,39,49)(H,40,51)(H,41,52)(H,42,48)(H,43,50)(H,54,55)(H4,36,37,38)/t18-,19-,20+,21+,22+,23+,24+,25+,26+/m1/s1. The van der Waals surface area contributed by atoms with Crippen molar-refractivity contribution in [1.82, 2.24) is 31.5 Å². The van der Waals surface area contributed by atoms with Gasteiger partial charge in [0.25, 0.3) is 0 Å². The molecule has 1 fully saturated rings. The molecule has 1 saturated heterocycles. The smallest absolute Gasteiger partial charge is 0.326 e. The number of rotatable bonds is 23. The Morgan fingerprint density at radius 1 is 0.745 bits per heavy atom. The number of nitrogens with zero attached hydrogens (tertiary/aromatic N) is 2. The molecular weight excluding hydrogens is 724 g/mol. The van der Waals surface area contributed by atoms with Crippen molar-refractivity contribution in [3.63, 3.8) is 0 Å². The quantitative estimate of drug-likeness (QED) is 0.0265. The number of carbonyl (C=O) groups excluding carboxylic acids is 6. The van der Waals surface area contributed by atoms with Crippen LogP contribution in [0.15, 0.2) is 4.99 Å². The molecule has 0 radical (unpaired) electrons. The second-order valence-electron chi connectivity index (χ2n) is 14.7. The van der Waals surface area contributed by atoms with Gasteiger partial charge in [0.1, 0.15) is 36.3 Å². The van der Waals surface area contributed by atoms with E-state index in [0.29, 0.717) is 12.8 Å². The molecule has 15 N–H and O–H groups in total. The highest BCUT2D eigenvalue weighted by molar-refractivity contribution is 5.97. The first-order chi connectivity index (χ1) is 25.6. The lowest BCUT2D eigenvalue weighted by atomic mass is 10.0. The first-order valence-corrected chi connectivity index (χ1v) is 18.4. The van der Waals surface area contributed by atoms with E-state index < -0.39 is 103 Å². The van der Waals surface area contributed by atoms with Crippen molar-refractivity contribution < 1.29 is 54.0 Å². The molecule has 1 heterocycles. The number of nitrogens with one attached hydrogen (secondary N) is 5. The molecule has 55 heavy (non-hydrogen) atoms. The molecule has 0 saturated carbocycles. The van der Waals surface area contributed by atoms with E-state index in [1.807, 2.05) is 13.8 Å². The Kier molecular flexibility index (Phi) is 20.6. The van der Waals surface area contributed by atoms with Crippen LogP contribution in [0.25, 0.3) is 0 Å². The second-order valence-corrected chi connectivity index (χ2v) is 14.7. The molecule has 0 aromatic carbocycles. The zero-order valence-electron chi connectivity index (χ0n) is 32.5. The minimum atomic E-state index is -1.66. The Labute approximate surface area is 321 Å². The van der Waals surface area contributed by atoms with Crippen LogP contribution in [0.2, 0.25) is 0 Å². The lowest BCUT2D eigenvalue weighted by Gasteiger charge is -2.31. The lowest BCUT2D eigenvalue weighted by Crippen LogP contribution is -2.62. The maximum Gasteiger partial charge on any atom is 0.326 e. The minimum Gasteiger partial charge on any atom is -0.480 e. The third-order valence-electron chi connectivity index (χ3n) is 8.72. The maximum atomic E-state index is 14.0. The van der Waals surface area contributed by atoms with Crippen LogP contribution in [0.4, 0.5) is 0 Å². The van der Waals surface area contributed by atoms with Crippen LogP contribution in [-0.2, 0) is 33.6 Å². The van der Waals surface area contributed by atoms with Crippen molar-refractivity contribution >= 4 is 47.4 Å². The van der Waals surface area contributed by atoms with Crippen LogP contribution < -0.4 is 43.8 Å². The van der Waals surface area contributed by atoms with Crippen LogP contribution in [-0.4, -0.2) is 147 Å². The Hall–Kier alpha value is -4.60. The lowest BCUT2D eigenvalue weighted by molar-refractivity contribution is -0.145. The number of guanidine groups is 1. The van der Waals surface area contributed by atoms with Crippen molar-refractivity contribution in [3.05, 3.63) is 0 Å². The molecule has 0 bridgehead atoms. The molecule has 6 amide bonds. The average molecular weight is 787 g/mol. The summed E-state index contributed by atoms with van der Waals surface area (Å²) in [7, 11) is 0. The molecule has 0 aromatic heterocycles. The fourth-order valence-electron chi connectivity index (χ4n) is 5.88. The van der Waals surface area contributed by atoms with Gasteiger partial charge in [-0.2, -0.15) is 0 Å². The van der Waals surface area contributed by atoms with E-state index in [-0.39, 0.29) is 56.6 Å². The normalized spacial score (nSPS) is 18.5. The van der Waals surface area contributed by atoms with E-state index in [9.17, 15) is 54.0 Å².